The average Bonchev–Trinajstić information content (AvgIpc) is 2.64. The quantitative estimate of drug-likeness (QED) is 0.310. The molecule has 0 spiro atoms. The Morgan fingerprint density at radius 3 is 2.21 bits per heavy atom. The van der Waals surface area contributed by atoms with Gasteiger partial charge in [-0.15, -0.1) is 0 Å². The van der Waals surface area contributed by atoms with Gasteiger partial charge in [0.15, 0.2) is 0 Å². The summed E-state index contributed by atoms with van der Waals surface area (Å²) in [6.07, 6.45) is 5.04. The standard InChI is InChI=1S/C21H20O3/c1-3-14-23-19-12-10-18(11-13-19)20(21(22)24-15-4-2)16-17-8-6-5-7-9-17/h3-13,16H,1-2,14-15H2/b20-16-. The molecule has 0 radical (unpaired) electrons. The van der Waals surface area contributed by atoms with E-state index >= 15 is 0 Å². The lowest BCUT2D eigenvalue weighted by molar-refractivity contribution is -0.135. The van der Waals surface area contributed by atoms with E-state index in [-0.39, 0.29) is 6.61 Å². The lowest BCUT2D eigenvalue weighted by Gasteiger charge is -2.09. The van der Waals surface area contributed by atoms with Crippen LogP contribution in [0.25, 0.3) is 11.6 Å². The molecule has 0 saturated heterocycles. The predicted molar refractivity (Wildman–Crippen MR) is 97.6 cm³/mol. The van der Waals surface area contributed by atoms with Crippen molar-refractivity contribution in [2.45, 2.75) is 0 Å². The van der Waals surface area contributed by atoms with Crippen LogP contribution in [0, 0.1) is 0 Å². The summed E-state index contributed by atoms with van der Waals surface area (Å²) in [6, 6.07) is 16.9. The maximum atomic E-state index is 12.4. The first-order chi connectivity index (χ1) is 11.7. The minimum atomic E-state index is -0.390. The molecule has 0 aliphatic carbocycles. The Hall–Kier alpha value is -3.07. The van der Waals surface area contributed by atoms with Crippen LogP contribution < -0.4 is 4.74 Å². The molecule has 2 aromatic rings. The molecule has 24 heavy (non-hydrogen) atoms. The van der Waals surface area contributed by atoms with Crippen LogP contribution in [-0.4, -0.2) is 19.2 Å². The van der Waals surface area contributed by atoms with E-state index in [4.69, 9.17) is 9.47 Å². The first kappa shape index (κ1) is 17.3. The second kappa shape index (κ2) is 9.16. The van der Waals surface area contributed by atoms with Crippen molar-refractivity contribution in [3.8, 4) is 5.75 Å². The molecule has 0 bridgehead atoms. The summed E-state index contributed by atoms with van der Waals surface area (Å²) in [6.45, 7) is 7.79. The molecule has 3 nitrogen and oxygen atoms in total. The lowest BCUT2D eigenvalue weighted by atomic mass is 10.0. The fraction of sp³-hybridized carbons (Fsp3) is 0.0952. The molecule has 0 N–H and O–H groups in total. The van der Waals surface area contributed by atoms with Crippen LogP contribution in [0.5, 0.6) is 5.75 Å². The van der Waals surface area contributed by atoms with Gasteiger partial charge in [0, 0.05) is 0 Å². The number of esters is 1. The number of hydrogen-bond acceptors (Lipinski definition) is 3. The summed E-state index contributed by atoms with van der Waals surface area (Å²) in [5, 5.41) is 0. The van der Waals surface area contributed by atoms with Gasteiger partial charge in [0.1, 0.15) is 19.0 Å². The monoisotopic (exact) mass is 320 g/mol. The summed E-state index contributed by atoms with van der Waals surface area (Å²) < 4.78 is 10.7. The number of carbonyl (C=O) groups excluding carboxylic acids is 1. The molecule has 0 aliphatic heterocycles. The average molecular weight is 320 g/mol. The van der Waals surface area contributed by atoms with Gasteiger partial charge < -0.3 is 9.47 Å². The normalized spacial score (nSPS) is 10.8. The highest BCUT2D eigenvalue weighted by Crippen LogP contribution is 2.23. The predicted octanol–water partition coefficient (Wildman–Crippen LogP) is 4.52. The van der Waals surface area contributed by atoms with E-state index in [0.717, 1.165) is 16.9 Å². The van der Waals surface area contributed by atoms with Crippen molar-refractivity contribution < 1.29 is 14.3 Å². The highest BCUT2D eigenvalue weighted by molar-refractivity contribution is 6.21. The van der Waals surface area contributed by atoms with Gasteiger partial charge >= 0.3 is 5.97 Å². The Kier molecular flexibility index (Phi) is 6.59. The molecular formula is C21H20O3. The highest BCUT2D eigenvalue weighted by atomic mass is 16.5. The lowest BCUT2D eigenvalue weighted by Crippen LogP contribution is -2.07. The smallest absolute Gasteiger partial charge is 0.339 e. The van der Waals surface area contributed by atoms with Crippen molar-refractivity contribution in [3.63, 3.8) is 0 Å². The Bertz CT molecular complexity index is 713. The van der Waals surface area contributed by atoms with Crippen molar-refractivity contribution in [2.24, 2.45) is 0 Å². The maximum Gasteiger partial charge on any atom is 0.339 e. The SMILES string of the molecule is C=CCOC(=O)/C(=C\c1ccccc1)c1ccc(OCC=C)cc1. The van der Waals surface area contributed by atoms with E-state index in [0.29, 0.717) is 12.2 Å². The third-order valence-electron chi connectivity index (χ3n) is 3.20. The van der Waals surface area contributed by atoms with Gasteiger partial charge in [-0.25, -0.2) is 4.79 Å². The minimum Gasteiger partial charge on any atom is -0.490 e. The molecule has 0 fully saturated rings. The molecule has 0 aromatic heterocycles. The summed E-state index contributed by atoms with van der Waals surface area (Å²) in [5.41, 5.74) is 2.17. The second-order valence-corrected chi connectivity index (χ2v) is 4.98. The molecular weight excluding hydrogens is 300 g/mol. The van der Waals surface area contributed by atoms with Gasteiger partial charge in [0.05, 0.1) is 5.57 Å². The van der Waals surface area contributed by atoms with Crippen molar-refractivity contribution in [1.29, 1.82) is 0 Å². The number of ether oxygens (including phenoxy) is 2. The molecule has 0 atom stereocenters. The zero-order chi connectivity index (χ0) is 17.2. The van der Waals surface area contributed by atoms with E-state index in [1.807, 2.05) is 60.7 Å². The van der Waals surface area contributed by atoms with Crippen LogP contribution in [0.15, 0.2) is 79.9 Å². The fourth-order valence-corrected chi connectivity index (χ4v) is 2.07. The van der Waals surface area contributed by atoms with Crippen molar-refractivity contribution in [1.82, 2.24) is 0 Å². The van der Waals surface area contributed by atoms with Crippen LogP contribution in [0.3, 0.4) is 0 Å². The zero-order valence-electron chi connectivity index (χ0n) is 13.5. The number of rotatable bonds is 8. The summed E-state index contributed by atoms with van der Waals surface area (Å²) in [7, 11) is 0. The molecule has 0 aliphatic rings. The largest absolute Gasteiger partial charge is 0.490 e. The van der Waals surface area contributed by atoms with Crippen molar-refractivity contribution in [2.75, 3.05) is 13.2 Å². The molecule has 3 heteroatoms. The third-order valence-corrected chi connectivity index (χ3v) is 3.20. The molecule has 0 unspecified atom stereocenters. The number of carbonyl (C=O) groups is 1. The van der Waals surface area contributed by atoms with E-state index in [2.05, 4.69) is 13.2 Å². The molecule has 122 valence electrons. The Balaban J connectivity index is 2.31. The first-order valence-corrected chi connectivity index (χ1v) is 7.63. The number of hydrogen-bond donors (Lipinski definition) is 0. The summed E-state index contributed by atoms with van der Waals surface area (Å²) in [5.74, 6) is 0.329. The van der Waals surface area contributed by atoms with Gasteiger partial charge in [-0.05, 0) is 29.3 Å². The number of benzene rings is 2. The van der Waals surface area contributed by atoms with E-state index in [1.54, 1.807) is 12.2 Å². The van der Waals surface area contributed by atoms with E-state index in [1.165, 1.54) is 0 Å². The van der Waals surface area contributed by atoms with Crippen LogP contribution >= 0.6 is 0 Å². The van der Waals surface area contributed by atoms with E-state index < -0.39 is 5.97 Å². The molecule has 0 saturated carbocycles. The molecule has 2 rings (SSSR count). The van der Waals surface area contributed by atoms with Crippen LogP contribution in [0.4, 0.5) is 0 Å². The Morgan fingerprint density at radius 2 is 1.58 bits per heavy atom. The van der Waals surface area contributed by atoms with Gasteiger partial charge in [-0.3, -0.25) is 0 Å². The molecule has 2 aromatic carbocycles. The Morgan fingerprint density at radius 1 is 0.917 bits per heavy atom. The molecule has 0 amide bonds. The Labute approximate surface area is 142 Å². The fourth-order valence-electron chi connectivity index (χ4n) is 2.07. The summed E-state index contributed by atoms with van der Waals surface area (Å²) >= 11 is 0. The molecule has 0 heterocycles. The van der Waals surface area contributed by atoms with Crippen molar-refractivity contribution in [3.05, 3.63) is 91.0 Å². The third kappa shape index (κ3) is 4.99. The topological polar surface area (TPSA) is 35.5 Å². The van der Waals surface area contributed by atoms with Crippen LogP contribution in [0.1, 0.15) is 11.1 Å². The van der Waals surface area contributed by atoms with E-state index in [9.17, 15) is 4.79 Å². The minimum absolute atomic E-state index is 0.172. The van der Waals surface area contributed by atoms with Crippen molar-refractivity contribution >= 4 is 17.6 Å². The first-order valence-electron chi connectivity index (χ1n) is 7.63. The highest BCUT2D eigenvalue weighted by Gasteiger charge is 2.13. The van der Waals surface area contributed by atoms with Gasteiger partial charge in [-0.1, -0.05) is 67.8 Å². The van der Waals surface area contributed by atoms with Crippen LogP contribution in [-0.2, 0) is 9.53 Å². The maximum absolute atomic E-state index is 12.4. The van der Waals surface area contributed by atoms with Gasteiger partial charge in [0.25, 0.3) is 0 Å². The van der Waals surface area contributed by atoms with Gasteiger partial charge in [0.2, 0.25) is 0 Å². The summed E-state index contributed by atoms with van der Waals surface area (Å²) in [4.78, 5) is 12.4. The zero-order valence-corrected chi connectivity index (χ0v) is 13.5. The van der Waals surface area contributed by atoms with Gasteiger partial charge in [-0.2, -0.15) is 0 Å². The van der Waals surface area contributed by atoms with Crippen LogP contribution in [0.2, 0.25) is 0 Å². The second-order valence-electron chi connectivity index (χ2n) is 4.98.